The molecule has 0 aliphatic heterocycles. The predicted molar refractivity (Wildman–Crippen MR) is 84.8 cm³/mol. The molecule has 7 heteroatoms. The van der Waals surface area contributed by atoms with Crippen molar-refractivity contribution in [2.75, 3.05) is 17.2 Å². The number of alkyl halides is 3. The number of benzene rings is 2. The van der Waals surface area contributed by atoms with Gasteiger partial charge in [-0.3, -0.25) is 4.79 Å². The fourth-order valence-corrected chi connectivity index (χ4v) is 2.20. The van der Waals surface area contributed by atoms with Gasteiger partial charge in [0.05, 0.1) is 17.1 Å². The van der Waals surface area contributed by atoms with Gasteiger partial charge in [-0.25, -0.2) is 0 Å². The highest BCUT2D eigenvalue weighted by molar-refractivity contribution is 6.31. The lowest BCUT2D eigenvalue weighted by molar-refractivity contribution is -0.137. The predicted octanol–water partition coefficient (Wildman–Crippen LogP) is 4.72. The first-order valence-corrected chi connectivity index (χ1v) is 7.11. The van der Waals surface area contributed by atoms with E-state index < -0.39 is 22.7 Å². The second-order valence-electron chi connectivity index (χ2n) is 4.91. The van der Waals surface area contributed by atoms with Crippen LogP contribution in [0.2, 0.25) is 5.02 Å². The molecule has 3 nitrogen and oxygen atoms in total. The number of para-hydroxylation sites is 1. The number of hydrogen-bond acceptors (Lipinski definition) is 2. The van der Waals surface area contributed by atoms with Gasteiger partial charge in [0.25, 0.3) is 0 Å². The number of hydrogen-bond donors (Lipinski definition) is 2. The molecule has 0 heterocycles. The van der Waals surface area contributed by atoms with Crippen molar-refractivity contribution in [1.82, 2.24) is 0 Å². The van der Waals surface area contributed by atoms with Gasteiger partial charge in [-0.05, 0) is 36.8 Å². The summed E-state index contributed by atoms with van der Waals surface area (Å²) >= 11 is 5.53. The third-order valence-electron chi connectivity index (χ3n) is 3.14. The summed E-state index contributed by atoms with van der Waals surface area (Å²) in [6.07, 6.45) is -4.57. The molecular weight excluding hydrogens is 329 g/mol. The molecule has 2 N–H and O–H groups in total. The van der Waals surface area contributed by atoms with Gasteiger partial charge in [-0.1, -0.05) is 29.8 Å². The molecule has 2 aromatic rings. The summed E-state index contributed by atoms with van der Waals surface area (Å²) in [5.74, 6) is -0.455. The average Bonchev–Trinajstić information content (AvgIpc) is 2.47. The van der Waals surface area contributed by atoms with Crippen molar-refractivity contribution < 1.29 is 18.0 Å². The molecule has 1 amide bonds. The van der Waals surface area contributed by atoms with Crippen molar-refractivity contribution in [3.05, 3.63) is 58.6 Å². The van der Waals surface area contributed by atoms with Gasteiger partial charge in [0.15, 0.2) is 0 Å². The zero-order chi connectivity index (χ0) is 17.0. The second kappa shape index (κ2) is 6.91. The Morgan fingerprint density at radius 3 is 2.52 bits per heavy atom. The maximum Gasteiger partial charge on any atom is 0.417 e. The van der Waals surface area contributed by atoms with E-state index in [0.717, 1.165) is 23.4 Å². The zero-order valence-electron chi connectivity index (χ0n) is 12.2. The minimum absolute atomic E-state index is 0.0401. The number of carbonyl (C=O) groups is 1. The summed E-state index contributed by atoms with van der Waals surface area (Å²) in [4.78, 5) is 11.9. The molecule has 0 saturated heterocycles. The SMILES string of the molecule is Cc1ccccc1NCC(=O)Nc1ccc(Cl)c(C(F)(F)F)c1. The van der Waals surface area contributed by atoms with E-state index in [1.54, 1.807) is 0 Å². The number of aryl methyl sites for hydroxylation is 1. The van der Waals surface area contributed by atoms with Crippen LogP contribution in [0.25, 0.3) is 0 Å². The standard InChI is InChI=1S/C16H14ClF3N2O/c1-10-4-2-3-5-14(10)21-9-15(23)22-11-6-7-13(17)12(8-11)16(18,19)20/h2-8,21H,9H2,1H3,(H,22,23). The molecule has 0 radical (unpaired) electrons. The molecule has 122 valence electrons. The van der Waals surface area contributed by atoms with Crippen LogP contribution in [0, 0.1) is 6.92 Å². The number of rotatable bonds is 4. The van der Waals surface area contributed by atoms with E-state index in [9.17, 15) is 18.0 Å². The molecule has 2 rings (SSSR count). The molecule has 2 aromatic carbocycles. The van der Waals surface area contributed by atoms with Crippen molar-refractivity contribution in [3.8, 4) is 0 Å². The minimum Gasteiger partial charge on any atom is -0.376 e. The normalized spacial score (nSPS) is 11.2. The van der Waals surface area contributed by atoms with Gasteiger partial charge < -0.3 is 10.6 Å². The molecule has 23 heavy (non-hydrogen) atoms. The Kier molecular flexibility index (Phi) is 5.15. The fourth-order valence-electron chi connectivity index (χ4n) is 1.97. The number of carbonyl (C=O) groups excluding carboxylic acids is 1. The molecule has 0 saturated carbocycles. The van der Waals surface area contributed by atoms with E-state index in [2.05, 4.69) is 10.6 Å². The molecule has 0 aliphatic rings. The molecular formula is C16H14ClF3N2O. The average molecular weight is 343 g/mol. The lowest BCUT2D eigenvalue weighted by Crippen LogP contribution is -2.22. The summed E-state index contributed by atoms with van der Waals surface area (Å²) in [6.45, 7) is 1.82. The van der Waals surface area contributed by atoms with Crippen LogP contribution in [0.15, 0.2) is 42.5 Å². The Hall–Kier alpha value is -2.21. The molecule has 0 aromatic heterocycles. The summed E-state index contributed by atoms with van der Waals surface area (Å²) < 4.78 is 38.3. The van der Waals surface area contributed by atoms with Gasteiger partial charge in [0, 0.05) is 11.4 Å². The summed E-state index contributed by atoms with van der Waals surface area (Å²) in [5, 5.41) is 4.93. The van der Waals surface area contributed by atoms with E-state index in [-0.39, 0.29) is 12.2 Å². The van der Waals surface area contributed by atoms with Gasteiger partial charge in [0.1, 0.15) is 0 Å². The topological polar surface area (TPSA) is 41.1 Å². The van der Waals surface area contributed by atoms with E-state index in [1.165, 1.54) is 6.07 Å². The van der Waals surface area contributed by atoms with Gasteiger partial charge in [0.2, 0.25) is 5.91 Å². The molecule has 0 bridgehead atoms. The molecule has 0 unspecified atom stereocenters. The first-order valence-electron chi connectivity index (χ1n) is 6.73. The van der Waals surface area contributed by atoms with Gasteiger partial charge in [-0.15, -0.1) is 0 Å². The van der Waals surface area contributed by atoms with Crippen molar-refractivity contribution in [2.24, 2.45) is 0 Å². The summed E-state index contributed by atoms with van der Waals surface area (Å²) in [6, 6.07) is 10.6. The Labute approximate surface area is 136 Å². The van der Waals surface area contributed by atoms with Crippen LogP contribution in [-0.4, -0.2) is 12.5 Å². The number of halogens is 4. The van der Waals surface area contributed by atoms with E-state index >= 15 is 0 Å². The largest absolute Gasteiger partial charge is 0.417 e. The van der Waals surface area contributed by atoms with Crippen LogP contribution in [0.5, 0.6) is 0 Å². The Morgan fingerprint density at radius 2 is 1.87 bits per heavy atom. The van der Waals surface area contributed by atoms with E-state index in [1.807, 2.05) is 31.2 Å². The van der Waals surface area contributed by atoms with Crippen LogP contribution in [0.3, 0.4) is 0 Å². The molecule has 0 spiro atoms. The second-order valence-corrected chi connectivity index (χ2v) is 5.32. The van der Waals surface area contributed by atoms with Crippen molar-refractivity contribution >= 4 is 28.9 Å². The Bertz CT molecular complexity index is 717. The van der Waals surface area contributed by atoms with Crippen molar-refractivity contribution in [3.63, 3.8) is 0 Å². The first-order chi connectivity index (χ1) is 10.8. The highest BCUT2D eigenvalue weighted by Crippen LogP contribution is 2.36. The van der Waals surface area contributed by atoms with Crippen LogP contribution < -0.4 is 10.6 Å². The quantitative estimate of drug-likeness (QED) is 0.844. The number of anilines is 2. The third-order valence-corrected chi connectivity index (χ3v) is 3.47. The molecule has 0 atom stereocenters. The lowest BCUT2D eigenvalue weighted by Gasteiger charge is -2.13. The first kappa shape index (κ1) is 17.1. The number of amides is 1. The zero-order valence-corrected chi connectivity index (χ0v) is 12.9. The van der Waals surface area contributed by atoms with Crippen LogP contribution in [0.1, 0.15) is 11.1 Å². The highest BCUT2D eigenvalue weighted by atomic mass is 35.5. The summed E-state index contributed by atoms with van der Waals surface area (Å²) in [7, 11) is 0. The van der Waals surface area contributed by atoms with E-state index in [0.29, 0.717) is 0 Å². The molecule has 0 aliphatic carbocycles. The van der Waals surface area contributed by atoms with Crippen LogP contribution in [0.4, 0.5) is 24.5 Å². The Morgan fingerprint density at radius 1 is 1.17 bits per heavy atom. The number of nitrogens with one attached hydrogen (secondary N) is 2. The van der Waals surface area contributed by atoms with Crippen molar-refractivity contribution in [1.29, 1.82) is 0 Å². The minimum atomic E-state index is -4.57. The smallest absolute Gasteiger partial charge is 0.376 e. The highest BCUT2D eigenvalue weighted by Gasteiger charge is 2.33. The van der Waals surface area contributed by atoms with Crippen molar-refractivity contribution in [2.45, 2.75) is 13.1 Å². The van der Waals surface area contributed by atoms with Crippen LogP contribution in [-0.2, 0) is 11.0 Å². The van der Waals surface area contributed by atoms with Gasteiger partial charge in [-0.2, -0.15) is 13.2 Å². The summed E-state index contributed by atoms with van der Waals surface area (Å²) in [5.41, 5.74) is 0.808. The van der Waals surface area contributed by atoms with Gasteiger partial charge >= 0.3 is 6.18 Å². The van der Waals surface area contributed by atoms with E-state index in [4.69, 9.17) is 11.6 Å². The molecule has 0 fully saturated rings. The lowest BCUT2D eigenvalue weighted by atomic mass is 10.2. The Balaban J connectivity index is 2.02. The monoisotopic (exact) mass is 342 g/mol. The fraction of sp³-hybridized carbons (Fsp3) is 0.188. The maximum atomic E-state index is 12.8. The maximum absolute atomic E-state index is 12.8. The van der Waals surface area contributed by atoms with Crippen LogP contribution >= 0.6 is 11.6 Å². The third kappa shape index (κ3) is 4.63.